The van der Waals surface area contributed by atoms with Gasteiger partial charge in [-0.15, -0.1) is 0 Å². The molecule has 0 spiro atoms. The van der Waals surface area contributed by atoms with Crippen molar-refractivity contribution in [3.05, 3.63) is 66.9 Å². The van der Waals surface area contributed by atoms with Crippen LogP contribution in [0.4, 0.5) is 5.69 Å². The van der Waals surface area contributed by atoms with Crippen LogP contribution >= 0.6 is 34.5 Å². The van der Waals surface area contributed by atoms with Gasteiger partial charge in [0.1, 0.15) is 0 Å². The van der Waals surface area contributed by atoms with Gasteiger partial charge in [0.05, 0.1) is 32.3 Å². The lowest BCUT2D eigenvalue weighted by Crippen LogP contribution is -2.19. The summed E-state index contributed by atoms with van der Waals surface area (Å²) in [6.45, 7) is 0.737. The molecule has 0 aliphatic rings. The van der Waals surface area contributed by atoms with Crippen LogP contribution in [0.15, 0.2) is 41.4 Å². The monoisotopic (exact) mass is 425 g/mol. The summed E-state index contributed by atoms with van der Waals surface area (Å²) in [6.07, 6.45) is 0. The number of aromatic nitrogens is 1. The van der Waals surface area contributed by atoms with E-state index in [2.05, 4.69) is 4.99 Å². The predicted molar refractivity (Wildman–Crippen MR) is 105 cm³/mol. The second-order valence-electron chi connectivity index (χ2n) is 5.48. The number of nitro groups is 1. The van der Waals surface area contributed by atoms with Crippen LogP contribution in [-0.2, 0) is 11.3 Å². The van der Waals surface area contributed by atoms with Crippen molar-refractivity contribution in [2.24, 2.45) is 4.99 Å². The van der Waals surface area contributed by atoms with Gasteiger partial charge in [-0.05, 0) is 24.3 Å². The van der Waals surface area contributed by atoms with Crippen LogP contribution in [0.1, 0.15) is 10.4 Å². The van der Waals surface area contributed by atoms with E-state index in [-0.39, 0.29) is 16.3 Å². The number of fused-ring (bicyclic) bond motifs is 1. The number of amides is 1. The molecule has 1 amide bonds. The number of nitro benzene ring substituents is 1. The highest BCUT2D eigenvalue weighted by Crippen LogP contribution is 2.24. The molecule has 10 heteroatoms. The van der Waals surface area contributed by atoms with Gasteiger partial charge < -0.3 is 9.30 Å². The molecule has 140 valence electrons. The number of carbonyl (C=O) groups is 1. The number of carbonyl (C=O) groups excluding carboxylic acids is 1. The van der Waals surface area contributed by atoms with E-state index in [0.717, 1.165) is 4.70 Å². The molecule has 0 N–H and O–H groups in total. The molecule has 0 bridgehead atoms. The van der Waals surface area contributed by atoms with Gasteiger partial charge in [-0.1, -0.05) is 34.5 Å². The average Bonchev–Trinajstić information content (AvgIpc) is 2.97. The van der Waals surface area contributed by atoms with Crippen molar-refractivity contribution in [1.29, 1.82) is 0 Å². The van der Waals surface area contributed by atoms with Crippen molar-refractivity contribution >= 4 is 56.3 Å². The average molecular weight is 426 g/mol. The first-order chi connectivity index (χ1) is 12.9. The van der Waals surface area contributed by atoms with E-state index in [9.17, 15) is 14.9 Å². The third kappa shape index (κ3) is 4.19. The first-order valence-corrected chi connectivity index (χ1v) is 9.29. The van der Waals surface area contributed by atoms with Crippen molar-refractivity contribution in [1.82, 2.24) is 4.57 Å². The zero-order chi connectivity index (χ0) is 19.6. The first kappa shape index (κ1) is 19.5. The molecule has 3 rings (SSSR count). The first-order valence-electron chi connectivity index (χ1n) is 7.71. The smallest absolute Gasteiger partial charge is 0.281 e. The summed E-state index contributed by atoms with van der Waals surface area (Å²) in [5.41, 5.74) is 0.753. The maximum atomic E-state index is 12.6. The summed E-state index contributed by atoms with van der Waals surface area (Å²) in [5, 5.41) is 11.7. The Kier molecular flexibility index (Phi) is 5.91. The largest absolute Gasteiger partial charge is 0.383 e. The highest BCUT2D eigenvalue weighted by Gasteiger charge is 2.15. The molecule has 0 atom stereocenters. The molecule has 0 radical (unpaired) electrons. The number of hydrogen-bond acceptors (Lipinski definition) is 5. The highest BCUT2D eigenvalue weighted by atomic mass is 35.5. The molecule has 1 heterocycles. The van der Waals surface area contributed by atoms with Gasteiger partial charge in [0.2, 0.25) is 0 Å². The summed E-state index contributed by atoms with van der Waals surface area (Å²) < 4.78 is 7.59. The van der Waals surface area contributed by atoms with Crippen LogP contribution < -0.4 is 4.80 Å². The van der Waals surface area contributed by atoms with Gasteiger partial charge in [-0.2, -0.15) is 4.99 Å². The van der Waals surface area contributed by atoms with Crippen LogP contribution in [0.5, 0.6) is 0 Å². The SMILES string of the molecule is COCCn1c(=NC(=O)c2cc(Cl)ccc2Cl)sc2ccc([N+](=O)[O-])cc21. The van der Waals surface area contributed by atoms with Gasteiger partial charge >= 0.3 is 0 Å². The third-order valence-corrected chi connectivity index (χ3v) is 5.38. The topological polar surface area (TPSA) is 86.7 Å². The quantitative estimate of drug-likeness (QED) is 0.450. The van der Waals surface area contributed by atoms with Gasteiger partial charge in [-0.25, -0.2) is 0 Å². The number of rotatable bonds is 5. The van der Waals surface area contributed by atoms with Crippen LogP contribution in [-0.4, -0.2) is 29.1 Å². The van der Waals surface area contributed by atoms with E-state index in [1.54, 1.807) is 23.8 Å². The molecule has 0 saturated heterocycles. The van der Waals surface area contributed by atoms with E-state index in [1.807, 2.05) is 0 Å². The number of non-ortho nitro benzene ring substituents is 1. The van der Waals surface area contributed by atoms with Gasteiger partial charge in [0, 0.05) is 30.8 Å². The molecule has 0 unspecified atom stereocenters. The maximum Gasteiger partial charge on any atom is 0.281 e. The molecule has 1 aromatic heterocycles. The molecule has 2 aromatic carbocycles. The van der Waals surface area contributed by atoms with Crippen LogP contribution in [0.25, 0.3) is 10.2 Å². The number of benzene rings is 2. The Morgan fingerprint density at radius 2 is 2.07 bits per heavy atom. The van der Waals surface area contributed by atoms with E-state index in [4.69, 9.17) is 27.9 Å². The Balaban J connectivity index is 2.16. The molecule has 3 aromatic rings. The van der Waals surface area contributed by atoms with Crippen LogP contribution in [0.2, 0.25) is 10.0 Å². The number of nitrogens with zero attached hydrogens (tertiary/aromatic N) is 3. The van der Waals surface area contributed by atoms with E-state index in [1.165, 1.54) is 35.6 Å². The summed E-state index contributed by atoms with van der Waals surface area (Å²) in [7, 11) is 1.55. The van der Waals surface area contributed by atoms with Crippen molar-refractivity contribution in [2.75, 3.05) is 13.7 Å². The molecule has 7 nitrogen and oxygen atoms in total. The van der Waals surface area contributed by atoms with E-state index < -0.39 is 10.8 Å². The van der Waals surface area contributed by atoms with Gasteiger partial charge in [0.25, 0.3) is 11.6 Å². The zero-order valence-corrected chi connectivity index (χ0v) is 16.3. The molecule has 0 aliphatic carbocycles. The Morgan fingerprint density at radius 3 is 2.78 bits per heavy atom. The zero-order valence-electron chi connectivity index (χ0n) is 14.0. The highest BCUT2D eigenvalue weighted by molar-refractivity contribution is 7.16. The fourth-order valence-corrected chi connectivity index (χ4v) is 3.87. The third-order valence-electron chi connectivity index (χ3n) is 3.75. The molecular weight excluding hydrogens is 413 g/mol. The summed E-state index contributed by atoms with van der Waals surface area (Å²) in [4.78, 5) is 27.8. The summed E-state index contributed by atoms with van der Waals surface area (Å²) >= 11 is 13.3. The Morgan fingerprint density at radius 1 is 1.30 bits per heavy atom. The molecular formula is C17H13Cl2N3O4S. The van der Waals surface area contributed by atoms with Crippen molar-refractivity contribution in [3.8, 4) is 0 Å². The Bertz CT molecular complexity index is 1110. The lowest BCUT2D eigenvalue weighted by atomic mass is 10.2. The Hall–Kier alpha value is -2.26. The van der Waals surface area contributed by atoms with Gasteiger partial charge in [-0.3, -0.25) is 14.9 Å². The normalized spacial score (nSPS) is 11.9. The van der Waals surface area contributed by atoms with Crippen LogP contribution in [0, 0.1) is 10.1 Å². The second-order valence-corrected chi connectivity index (χ2v) is 7.33. The predicted octanol–water partition coefficient (Wildman–Crippen LogP) is 4.31. The minimum atomic E-state index is -0.547. The number of ether oxygens (including phenoxy) is 1. The summed E-state index contributed by atoms with van der Waals surface area (Å²) in [5.74, 6) is -0.547. The number of methoxy groups -OCH3 is 1. The number of thiazole rings is 1. The molecule has 27 heavy (non-hydrogen) atoms. The van der Waals surface area contributed by atoms with E-state index >= 15 is 0 Å². The fourth-order valence-electron chi connectivity index (χ4n) is 2.46. The van der Waals surface area contributed by atoms with E-state index in [0.29, 0.717) is 28.5 Å². The van der Waals surface area contributed by atoms with Gasteiger partial charge in [0.15, 0.2) is 4.80 Å². The maximum absolute atomic E-state index is 12.6. The number of halogens is 2. The minimum Gasteiger partial charge on any atom is -0.383 e. The lowest BCUT2D eigenvalue weighted by molar-refractivity contribution is -0.384. The molecule has 0 fully saturated rings. The Labute approximate surface area is 167 Å². The summed E-state index contributed by atoms with van der Waals surface area (Å²) in [6, 6.07) is 9.07. The van der Waals surface area contributed by atoms with Crippen molar-refractivity contribution in [3.63, 3.8) is 0 Å². The molecule has 0 saturated carbocycles. The number of hydrogen-bond donors (Lipinski definition) is 0. The standard InChI is InChI=1S/C17H13Cl2N3O4S/c1-26-7-6-21-14-9-11(22(24)25)3-5-15(14)27-17(21)20-16(23)12-8-10(18)2-4-13(12)19/h2-5,8-9H,6-7H2,1H3. The fraction of sp³-hybridized carbons (Fsp3) is 0.176. The molecule has 0 aliphatic heterocycles. The van der Waals surface area contributed by atoms with Crippen molar-refractivity contribution < 1.29 is 14.5 Å². The minimum absolute atomic E-state index is 0.0396. The van der Waals surface area contributed by atoms with Crippen LogP contribution in [0.3, 0.4) is 0 Å². The second kappa shape index (κ2) is 8.18. The lowest BCUT2D eigenvalue weighted by Gasteiger charge is -2.04. The van der Waals surface area contributed by atoms with Crippen molar-refractivity contribution in [2.45, 2.75) is 6.54 Å².